The van der Waals surface area contributed by atoms with Gasteiger partial charge in [-0.1, -0.05) is 12.1 Å². The van der Waals surface area contributed by atoms with E-state index in [1.54, 1.807) is 22.3 Å². The Kier molecular flexibility index (Phi) is 6.72. The van der Waals surface area contributed by atoms with E-state index in [1.807, 2.05) is 31.2 Å². The summed E-state index contributed by atoms with van der Waals surface area (Å²) in [6.45, 7) is 10.2. The third kappa shape index (κ3) is 4.85. The zero-order chi connectivity index (χ0) is 27.1. The van der Waals surface area contributed by atoms with Crippen LogP contribution in [0.15, 0.2) is 55.3 Å². The molecule has 1 aromatic carbocycles. The van der Waals surface area contributed by atoms with Gasteiger partial charge >= 0.3 is 0 Å². The first kappa shape index (κ1) is 25.7. The number of hydrogen-bond donors (Lipinski definition) is 3. The van der Waals surface area contributed by atoms with E-state index in [9.17, 15) is 10.2 Å². The maximum atomic E-state index is 11.1. The number of fused-ring (bicyclic) bond motifs is 2. The van der Waals surface area contributed by atoms with Crippen molar-refractivity contribution in [2.24, 2.45) is 0 Å². The highest BCUT2D eigenvalue weighted by molar-refractivity contribution is 5.66. The molecule has 6 rings (SSSR count). The number of aliphatic hydroxyl groups excluding tert-OH is 1. The first-order chi connectivity index (χ1) is 18.8. The van der Waals surface area contributed by atoms with E-state index < -0.39 is 11.8 Å². The predicted octanol–water partition coefficient (Wildman–Crippen LogP) is 3.46. The average molecular weight is 529 g/mol. The van der Waals surface area contributed by atoms with Crippen LogP contribution in [0.25, 0.3) is 0 Å². The number of pyridine rings is 1. The highest BCUT2D eigenvalue weighted by Gasteiger charge is 2.40. The van der Waals surface area contributed by atoms with Crippen molar-refractivity contribution in [2.45, 2.75) is 38.0 Å². The third-order valence-corrected chi connectivity index (χ3v) is 7.92. The number of aromatic nitrogens is 3. The summed E-state index contributed by atoms with van der Waals surface area (Å²) in [6, 6.07) is 12.2. The molecule has 2 aliphatic heterocycles. The maximum Gasteiger partial charge on any atom is 0.229 e. The summed E-state index contributed by atoms with van der Waals surface area (Å²) in [7, 11) is 2.16. The molecule has 204 valence electrons. The standard InChI is InChI=1S/C29H36N8O2/c1-4-14-36-27(38)23-19-30-28(31-21-8-10-22(11-9-21)35-17-15-34(3)16-18-35)33-26(23)37(36)24-12-7-20-6-5-13-29(2,39)25(20)32-24/h4,7-12,19,27,38-39H,1,5-6,13-18H2,2-3H3,(H,30,31,33)/t27?,29-/m0/s1. The summed E-state index contributed by atoms with van der Waals surface area (Å²) >= 11 is 0. The van der Waals surface area contributed by atoms with Gasteiger partial charge < -0.3 is 25.3 Å². The van der Waals surface area contributed by atoms with Crippen molar-refractivity contribution in [3.8, 4) is 0 Å². The van der Waals surface area contributed by atoms with Crippen LogP contribution in [0.4, 0.5) is 29.0 Å². The van der Waals surface area contributed by atoms with Crippen LogP contribution in [0.5, 0.6) is 0 Å². The second kappa shape index (κ2) is 10.2. The number of nitrogens with one attached hydrogen (secondary N) is 1. The van der Waals surface area contributed by atoms with Gasteiger partial charge in [-0.15, -0.1) is 6.58 Å². The Morgan fingerprint density at radius 1 is 1.10 bits per heavy atom. The van der Waals surface area contributed by atoms with Gasteiger partial charge in [-0.05, 0) is 69.1 Å². The van der Waals surface area contributed by atoms with Gasteiger partial charge in [-0.25, -0.2) is 15.0 Å². The third-order valence-electron chi connectivity index (χ3n) is 7.92. The first-order valence-corrected chi connectivity index (χ1v) is 13.6. The van der Waals surface area contributed by atoms with Crippen molar-refractivity contribution in [1.82, 2.24) is 24.9 Å². The van der Waals surface area contributed by atoms with Crippen molar-refractivity contribution in [1.29, 1.82) is 0 Å². The SMILES string of the molecule is C=CCN1C(O)c2cnc(Nc3ccc(N4CCN(C)CC4)cc3)nc2N1c1ccc2c(n1)[C@@](C)(O)CCC2. The van der Waals surface area contributed by atoms with Gasteiger partial charge in [0.25, 0.3) is 0 Å². The van der Waals surface area contributed by atoms with E-state index >= 15 is 0 Å². The first-order valence-electron chi connectivity index (χ1n) is 13.6. The molecule has 0 saturated carbocycles. The van der Waals surface area contributed by atoms with Gasteiger partial charge in [0, 0.05) is 50.3 Å². The molecule has 2 atom stereocenters. The topological polar surface area (TPSA) is 104 Å². The molecule has 3 aliphatic rings. The molecule has 1 saturated heterocycles. The molecule has 0 radical (unpaired) electrons. The number of likely N-dealkylation sites (N-methyl/N-ethyl adjacent to an activating group) is 1. The number of piperazine rings is 1. The van der Waals surface area contributed by atoms with E-state index in [4.69, 9.17) is 9.97 Å². The summed E-state index contributed by atoms with van der Waals surface area (Å²) < 4.78 is 0. The van der Waals surface area contributed by atoms with Gasteiger partial charge in [0.2, 0.25) is 5.95 Å². The van der Waals surface area contributed by atoms with E-state index in [2.05, 4.69) is 45.9 Å². The Labute approximate surface area is 229 Å². The minimum atomic E-state index is -0.997. The molecule has 0 amide bonds. The fourth-order valence-electron chi connectivity index (χ4n) is 5.69. The molecule has 0 spiro atoms. The van der Waals surface area contributed by atoms with Gasteiger partial charge in [0.15, 0.2) is 12.0 Å². The molecular weight excluding hydrogens is 492 g/mol. The lowest BCUT2D eigenvalue weighted by Crippen LogP contribution is -2.44. The molecule has 3 aromatic rings. The lowest BCUT2D eigenvalue weighted by atomic mass is 9.84. The second-order valence-corrected chi connectivity index (χ2v) is 10.8. The zero-order valence-electron chi connectivity index (χ0n) is 22.6. The lowest BCUT2D eigenvalue weighted by Gasteiger charge is -2.34. The minimum Gasteiger partial charge on any atom is -0.384 e. The smallest absolute Gasteiger partial charge is 0.229 e. The fraction of sp³-hybridized carbons (Fsp3) is 0.414. The minimum absolute atomic E-state index is 0.378. The number of anilines is 5. The lowest BCUT2D eigenvalue weighted by molar-refractivity contribution is 0.0235. The number of hydrazine groups is 1. The molecule has 10 nitrogen and oxygen atoms in total. The van der Waals surface area contributed by atoms with Crippen LogP contribution in [0.1, 0.15) is 42.8 Å². The quantitative estimate of drug-likeness (QED) is 0.412. The van der Waals surface area contributed by atoms with Crippen LogP contribution in [-0.2, 0) is 12.0 Å². The second-order valence-electron chi connectivity index (χ2n) is 10.8. The molecule has 0 bridgehead atoms. The predicted molar refractivity (Wildman–Crippen MR) is 152 cm³/mol. The Morgan fingerprint density at radius 3 is 2.62 bits per heavy atom. The number of rotatable bonds is 6. The Hall–Kier alpha value is -3.57. The van der Waals surface area contributed by atoms with Crippen molar-refractivity contribution < 1.29 is 10.2 Å². The molecular formula is C29H36N8O2. The molecule has 1 unspecified atom stereocenters. The van der Waals surface area contributed by atoms with E-state index in [-0.39, 0.29) is 0 Å². The molecule has 39 heavy (non-hydrogen) atoms. The van der Waals surface area contributed by atoms with Crippen LogP contribution in [0.3, 0.4) is 0 Å². The largest absolute Gasteiger partial charge is 0.384 e. The molecule has 1 fully saturated rings. The summed E-state index contributed by atoms with van der Waals surface area (Å²) in [5.41, 5.74) is 3.40. The Balaban J connectivity index is 1.29. The maximum absolute atomic E-state index is 11.1. The summed E-state index contributed by atoms with van der Waals surface area (Å²) in [4.78, 5) is 18.9. The van der Waals surface area contributed by atoms with Gasteiger partial charge in [-0.3, -0.25) is 0 Å². The molecule has 1 aliphatic carbocycles. The summed E-state index contributed by atoms with van der Waals surface area (Å²) in [5.74, 6) is 1.54. The van der Waals surface area contributed by atoms with Gasteiger partial charge in [-0.2, -0.15) is 9.99 Å². The van der Waals surface area contributed by atoms with Gasteiger partial charge in [0.05, 0.1) is 11.3 Å². The highest BCUT2D eigenvalue weighted by Crippen LogP contribution is 2.43. The summed E-state index contributed by atoms with van der Waals surface area (Å²) in [5, 5.41) is 29.0. The normalized spacial score (nSPS) is 23.4. The fourth-order valence-corrected chi connectivity index (χ4v) is 5.69. The average Bonchev–Trinajstić information content (AvgIpc) is 3.20. The van der Waals surface area contributed by atoms with E-state index in [0.29, 0.717) is 41.8 Å². The monoisotopic (exact) mass is 528 g/mol. The van der Waals surface area contributed by atoms with E-state index in [1.165, 1.54) is 5.69 Å². The van der Waals surface area contributed by atoms with Gasteiger partial charge in [0.1, 0.15) is 11.4 Å². The number of aliphatic hydroxyl groups is 2. The summed E-state index contributed by atoms with van der Waals surface area (Å²) in [6.07, 6.45) is 4.90. The molecule has 3 N–H and O–H groups in total. The van der Waals surface area contributed by atoms with Crippen molar-refractivity contribution in [3.05, 3.63) is 72.1 Å². The molecule has 2 aromatic heterocycles. The Bertz CT molecular complexity index is 1350. The number of hydrogen-bond acceptors (Lipinski definition) is 10. The number of benzene rings is 1. The molecule has 10 heteroatoms. The zero-order valence-corrected chi connectivity index (χ0v) is 22.6. The molecule has 4 heterocycles. The highest BCUT2D eigenvalue weighted by atomic mass is 16.3. The number of aryl methyl sites for hydroxylation is 1. The van der Waals surface area contributed by atoms with Crippen molar-refractivity contribution in [3.63, 3.8) is 0 Å². The van der Waals surface area contributed by atoms with Crippen LogP contribution >= 0.6 is 0 Å². The van der Waals surface area contributed by atoms with Crippen LogP contribution in [0.2, 0.25) is 0 Å². The van der Waals surface area contributed by atoms with Crippen molar-refractivity contribution >= 4 is 29.0 Å². The van der Waals surface area contributed by atoms with Crippen molar-refractivity contribution in [2.75, 3.05) is 55.0 Å². The van der Waals surface area contributed by atoms with Crippen LogP contribution in [-0.4, -0.2) is 74.8 Å². The van der Waals surface area contributed by atoms with Crippen LogP contribution < -0.4 is 15.2 Å². The Morgan fingerprint density at radius 2 is 1.87 bits per heavy atom. The number of nitrogens with zero attached hydrogens (tertiary/aromatic N) is 7. The van der Waals surface area contributed by atoms with E-state index in [0.717, 1.165) is 50.3 Å². The van der Waals surface area contributed by atoms with Crippen LogP contribution in [0, 0.1) is 0 Å².